The van der Waals surface area contributed by atoms with E-state index in [0.717, 1.165) is 17.1 Å². The monoisotopic (exact) mass is 206 g/mol. The molecule has 0 spiro atoms. The Morgan fingerprint density at radius 3 is 2.93 bits per heavy atom. The molecule has 0 bridgehead atoms. The maximum Gasteiger partial charge on any atom is 0.180 e. The van der Waals surface area contributed by atoms with Crippen molar-refractivity contribution in [3.63, 3.8) is 0 Å². The standard InChI is InChI=1S/C9H10N4S/c1-6-8(12-5-11-6)3-2-7-4-14-9(10)13-7/h2-5H,1H3,(H2,10,13)(H,11,12). The van der Waals surface area contributed by atoms with Crippen LogP contribution in [0.2, 0.25) is 0 Å². The zero-order valence-corrected chi connectivity index (χ0v) is 8.51. The van der Waals surface area contributed by atoms with Crippen LogP contribution in [0.25, 0.3) is 12.2 Å². The van der Waals surface area contributed by atoms with E-state index in [2.05, 4.69) is 15.0 Å². The number of hydrogen-bond acceptors (Lipinski definition) is 4. The minimum atomic E-state index is 0.586. The van der Waals surface area contributed by atoms with E-state index < -0.39 is 0 Å². The predicted molar refractivity (Wildman–Crippen MR) is 58.8 cm³/mol. The third kappa shape index (κ3) is 1.82. The van der Waals surface area contributed by atoms with Gasteiger partial charge in [0.25, 0.3) is 0 Å². The highest BCUT2D eigenvalue weighted by Gasteiger charge is 1.96. The lowest BCUT2D eigenvalue weighted by molar-refractivity contribution is 1.25. The molecule has 0 aromatic carbocycles. The topological polar surface area (TPSA) is 67.6 Å². The first-order valence-corrected chi connectivity index (χ1v) is 5.03. The van der Waals surface area contributed by atoms with Gasteiger partial charge in [0, 0.05) is 11.1 Å². The van der Waals surface area contributed by atoms with Gasteiger partial charge in [-0.3, -0.25) is 0 Å². The number of thiazole rings is 1. The minimum Gasteiger partial charge on any atom is -0.375 e. The number of imidazole rings is 1. The van der Waals surface area contributed by atoms with E-state index in [4.69, 9.17) is 5.73 Å². The predicted octanol–water partition coefficient (Wildman–Crippen LogP) is 1.93. The molecule has 72 valence electrons. The Labute approximate surface area is 85.5 Å². The summed E-state index contributed by atoms with van der Waals surface area (Å²) in [4.78, 5) is 11.3. The highest BCUT2D eigenvalue weighted by atomic mass is 32.1. The number of aromatic nitrogens is 3. The van der Waals surface area contributed by atoms with E-state index in [9.17, 15) is 0 Å². The summed E-state index contributed by atoms with van der Waals surface area (Å²) in [6.07, 6.45) is 5.49. The van der Waals surface area contributed by atoms with Gasteiger partial charge in [0.1, 0.15) is 0 Å². The number of rotatable bonds is 2. The smallest absolute Gasteiger partial charge is 0.180 e. The fraction of sp³-hybridized carbons (Fsp3) is 0.111. The van der Waals surface area contributed by atoms with E-state index in [-0.39, 0.29) is 0 Å². The average molecular weight is 206 g/mol. The van der Waals surface area contributed by atoms with Gasteiger partial charge in [-0.1, -0.05) is 0 Å². The van der Waals surface area contributed by atoms with Crippen LogP contribution in [-0.2, 0) is 0 Å². The molecule has 0 aliphatic carbocycles. The summed E-state index contributed by atoms with van der Waals surface area (Å²) >= 11 is 1.43. The maximum atomic E-state index is 5.51. The molecular formula is C9H10N4S. The Bertz CT molecular complexity index is 455. The summed E-state index contributed by atoms with van der Waals surface area (Å²) in [6.45, 7) is 1.97. The molecule has 0 saturated carbocycles. The van der Waals surface area contributed by atoms with Crippen LogP contribution in [0.3, 0.4) is 0 Å². The molecule has 3 N–H and O–H groups in total. The largest absolute Gasteiger partial charge is 0.375 e. The van der Waals surface area contributed by atoms with Crippen LogP contribution in [0.5, 0.6) is 0 Å². The maximum absolute atomic E-state index is 5.51. The van der Waals surface area contributed by atoms with Gasteiger partial charge in [0.15, 0.2) is 5.13 Å². The number of nitrogen functional groups attached to an aromatic ring is 1. The van der Waals surface area contributed by atoms with Crippen molar-refractivity contribution in [1.29, 1.82) is 0 Å². The highest BCUT2D eigenvalue weighted by molar-refractivity contribution is 7.13. The minimum absolute atomic E-state index is 0.586. The van der Waals surface area contributed by atoms with E-state index in [1.807, 2.05) is 24.5 Å². The van der Waals surface area contributed by atoms with Crippen LogP contribution in [-0.4, -0.2) is 15.0 Å². The summed E-state index contributed by atoms with van der Waals surface area (Å²) in [6, 6.07) is 0. The fourth-order valence-corrected chi connectivity index (χ4v) is 1.61. The van der Waals surface area contributed by atoms with Crippen LogP contribution >= 0.6 is 11.3 Å². The Morgan fingerprint density at radius 1 is 1.50 bits per heavy atom. The van der Waals surface area contributed by atoms with Crippen molar-refractivity contribution in [1.82, 2.24) is 15.0 Å². The molecule has 0 amide bonds. The van der Waals surface area contributed by atoms with E-state index >= 15 is 0 Å². The SMILES string of the molecule is Cc1[nH]cnc1C=Cc1csc(N)n1. The van der Waals surface area contributed by atoms with Crippen molar-refractivity contribution in [2.75, 3.05) is 5.73 Å². The summed E-state index contributed by atoms with van der Waals surface area (Å²) in [5.41, 5.74) is 8.35. The summed E-state index contributed by atoms with van der Waals surface area (Å²) in [5.74, 6) is 0. The number of anilines is 1. The summed E-state index contributed by atoms with van der Waals surface area (Å²) in [5, 5.41) is 2.50. The second-order valence-corrected chi connectivity index (χ2v) is 3.75. The molecule has 0 atom stereocenters. The number of H-pyrrole nitrogens is 1. The lowest BCUT2D eigenvalue weighted by atomic mass is 10.3. The number of aromatic amines is 1. The molecule has 0 aliphatic heterocycles. The summed E-state index contributed by atoms with van der Waals surface area (Å²) in [7, 11) is 0. The Kier molecular flexibility index (Phi) is 2.32. The normalized spacial score (nSPS) is 11.2. The van der Waals surface area contributed by atoms with Gasteiger partial charge >= 0.3 is 0 Å². The number of aryl methyl sites for hydroxylation is 1. The van der Waals surface area contributed by atoms with Crippen LogP contribution in [0, 0.1) is 6.92 Å². The molecule has 0 saturated heterocycles. The Balaban J connectivity index is 2.19. The van der Waals surface area contributed by atoms with E-state index in [0.29, 0.717) is 5.13 Å². The Hall–Kier alpha value is -1.62. The van der Waals surface area contributed by atoms with Gasteiger partial charge in [0.2, 0.25) is 0 Å². The first-order chi connectivity index (χ1) is 6.75. The first-order valence-electron chi connectivity index (χ1n) is 4.15. The van der Waals surface area contributed by atoms with E-state index in [1.54, 1.807) is 6.33 Å². The van der Waals surface area contributed by atoms with Crippen LogP contribution in [0.1, 0.15) is 17.1 Å². The number of nitrogens with two attached hydrogens (primary N) is 1. The number of nitrogens with zero attached hydrogens (tertiary/aromatic N) is 2. The zero-order chi connectivity index (χ0) is 9.97. The van der Waals surface area contributed by atoms with Crippen LogP contribution in [0.4, 0.5) is 5.13 Å². The molecule has 0 unspecified atom stereocenters. The third-order valence-corrected chi connectivity index (χ3v) is 2.51. The molecule has 0 aliphatic rings. The number of hydrogen-bond donors (Lipinski definition) is 2. The van der Waals surface area contributed by atoms with Gasteiger partial charge in [-0.15, -0.1) is 11.3 Å². The molecular weight excluding hydrogens is 196 g/mol. The van der Waals surface area contributed by atoms with Crippen LogP contribution in [0.15, 0.2) is 11.7 Å². The third-order valence-electron chi connectivity index (χ3n) is 1.82. The van der Waals surface area contributed by atoms with Gasteiger partial charge in [-0.2, -0.15) is 0 Å². The van der Waals surface area contributed by atoms with Crippen molar-refractivity contribution in [2.24, 2.45) is 0 Å². The number of nitrogens with one attached hydrogen (secondary N) is 1. The average Bonchev–Trinajstić information content (AvgIpc) is 2.72. The van der Waals surface area contributed by atoms with Crippen LogP contribution < -0.4 is 5.73 Å². The first kappa shape index (κ1) is 8.96. The molecule has 2 aromatic rings. The molecule has 0 radical (unpaired) electrons. The van der Waals surface area contributed by atoms with Crippen molar-refractivity contribution in [3.8, 4) is 0 Å². The summed E-state index contributed by atoms with van der Waals surface area (Å²) < 4.78 is 0. The van der Waals surface area contributed by atoms with Crippen molar-refractivity contribution >= 4 is 28.6 Å². The molecule has 2 heterocycles. The second kappa shape index (κ2) is 3.63. The van der Waals surface area contributed by atoms with Crippen molar-refractivity contribution in [3.05, 3.63) is 28.8 Å². The Morgan fingerprint density at radius 2 is 2.36 bits per heavy atom. The molecule has 2 aromatic heterocycles. The van der Waals surface area contributed by atoms with E-state index in [1.165, 1.54) is 11.3 Å². The lowest BCUT2D eigenvalue weighted by Crippen LogP contribution is -1.81. The van der Waals surface area contributed by atoms with Gasteiger partial charge in [-0.05, 0) is 19.1 Å². The van der Waals surface area contributed by atoms with Crippen molar-refractivity contribution < 1.29 is 0 Å². The van der Waals surface area contributed by atoms with Gasteiger partial charge in [0.05, 0.1) is 17.7 Å². The van der Waals surface area contributed by atoms with Gasteiger partial charge in [-0.25, -0.2) is 9.97 Å². The molecule has 5 heteroatoms. The molecule has 4 nitrogen and oxygen atoms in total. The fourth-order valence-electron chi connectivity index (χ4n) is 1.08. The quantitative estimate of drug-likeness (QED) is 0.788. The molecule has 14 heavy (non-hydrogen) atoms. The van der Waals surface area contributed by atoms with Gasteiger partial charge < -0.3 is 10.7 Å². The van der Waals surface area contributed by atoms with Crippen molar-refractivity contribution in [2.45, 2.75) is 6.92 Å². The second-order valence-electron chi connectivity index (χ2n) is 2.86. The molecule has 0 fully saturated rings. The molecule has 2 rings (SSSR count). The lowest BCUT2D eigenvalue weighted by Gasteiger charge is -1.86. The zero-order valence-electron chi connectivity index (χ0n) is 7.69. The highest BCUT2D eigenvalue weighted by Crippen LogP contribution is 2.14.